The summed E-state index contributed by atoms with van der Waals surface area (Å²) < 4.78 is 18.9. The molecule has 1 unspecified atom stereocenters. The van der Waals surface area contributed by atoms with Crippen molar-refractivity contribution < 1.29 is 14.2 Å². The van der Waals surface area contributed by atoms with Gasteiger partial charge in [-0.15, -0.1) is 11.8 Å². The smallest absolute Gasteiger partial charge is 0.347 e. The van der Waals surface area contributed by atoms with Crippen LogP contribution in [0.2, 0.25) is 0 Å². The minimum absolute atomic E-state index is 0.0130. The fourth-order valence-corrected chi connectivity index (χ4v) is 2.37. The molecule has 1 fully saturated rings. The molecule has 2 rings (SSSR count). The largest absolute Gasteiger partial charge is 0.393 e. The van der Waals surface area contributed by atoms with Gasteiger partial charge in [0.05, 0.1) is 12.3 Å². The van der Waals surface area contributed by atoms with Crippen LogP contribution in [0.15, 0.2) is 4.79 Å². The van der Waals surface area contributed by atoms with Crippen LogP contribution in [0, 0.1) is 5.82 Å². The molecule has 88 valence electrons. The fraction of sp³-hybridized carbons (Fsp3) is 0.500. The number of hydrogen-bond donors (Lipinski definition) is 3. The standard InChI is InChI=1S/C8H10FN3O3S/c9-5-6(11-8(14)12-7(5)10)3-2-16-4(1-13)15-3/h3-4,13H,1-2H2,(H3,10,11,12,14)/t3?,4-/m0/s1. The number of anilines is 1. The highest BCUT2D eigenvalue weighted by Gasteiger charge is 2.30. The number of ether oxygens (including phenoxy) is 1. The van der Waals surface area contributed by atoms with Crippen LogP contribution in [0.4, 0.5) is 10.2 Å². The van der Waals surface area contributed by atoms with E-state index >= 15 is 0 Å². The number of nitrogens with one attached hydrogen (secondary N) is 1. The summed E-state index contributed by atoms with van der Waals surface area (Å²) in [6.07, 6.45) is -0.611. The Morgan fingerprint density at radius 1 is 1.75 bits per heavy atom. The van der Waals surface area contributed by atoms with Crippen molar-refractivity contribution in [2.45, 2.75) is 11.5 Å². The molecule has 0 aliphatic carbocycles. The Morgan fingerprint density at radius 2 is 2.50 bits per heavy atom. The summed E-state index contributed by atoms with van der Waals surface area (Å²) in [5, 5.41) is 8.86. The van der Waals surface area contributed by atoms with Crippen molar-refractivity contribution in [2.24, 2.45) is 0 Å². The van der Waals surface area contributed by atoms with Gasteiger partial charge in [0, 0.05) is 5.75 Å². The van der Waals surface area contributed by atoms with Crippen molar-refractivity contribution in [2.75, 3.05) is 18.1 Å². The molecule has 1 aliphatic heterocycles. The topological polar surface area (TPSA) is 101 Å². The molecule has 1 aromatic heterocycles. The molecule has 0 aromatic carbocycles. The van der Waals surface area contributed by atoms with E-state index in [1.54, 1.807) is 0 Å². The first-order valence-corrected chi connectivity index (χ1v) is 5.59. The van der Waals surface area contributed by atoms with Gasteiger partial charge in [-0.05, 0) is 0 Å². The van der Waals surface area contributed by atoms with Gasteiger partial charge >= 0.3 is 5.69 Å². The molecule has 0 amide bonds. The Bertz CT molecular complexity index is 453. The van der Waals surface area contributed by atoms with E-state index in [0.717, 1.165) is 0 Å². The molecular weight excluding hydrogens is 237 g/mol. The van der Waals surface area contributed by atoms with E-state index in [4.69, 9.17) is 15.6 Å². The fourth-order valence-electron chi connectivity index (χ4n) is 1.42. The van der Waals surface area contributed by atoms with Crippen molar-refractivity contribution in [1.82, 2.24) is 9.97 Å². The first-order chi connectivity index (χ1) is 7.61. The van der Waals surface area contributed by atoms with Gasteiger partial charge in [-0.3, -0.25) is 0 Å². The van der Waals surface area contributed by atoms with Crippen molar-refractivity contribution in [1.29, 1.82) is 0 Å². The lowest BCUT2D eigenvalue weighted by molar-refractivity contribution is 0.0303. The summed E-state index contributed by atoms with van der Waals surface area (Å²) in [5.41, 5.74) is 4.11. The SMILES string of the molecule is Nc1nc(=O)[nH]c(C2CS[C@@H](CO)O2)c1F. The molecule has 0 saturated carbocycles. The first kappa shape index (κ1) is 11.4. The average Bonchev–Trinajstić information content (AvgIpc) is 2.71. The van der Waals surface area contributed by atoms with Crippen molar-refractivity contribution in [3.8, 4) is 0 Å². The van der Waals surface area contributed by atoms with Gasteiger partial charge in [0.2, 0.25) is 0 Å². The Labute approximate surface area is 94.0 Å². The van der Waals surface area contributed by atoms with Gasteiger partial charge in [-0.1, -0.05) is 0 Å². The highest BCUT2D eigenvalue weighted by atomic mass is 32.2. The predicted octanol–water partition coefficient (Wildman–Crippen LogP) is -0.386. The summed E-state index contributed by atoms with van der Waals surface area (Å²) >= 11 is 1.34. The number of rotatable bonds is 2. The van der Waals surface area contributed by atoms with Crippen LogP contribution in [-0.2, 0) is 4.74 Å². The third-order valence-corrected chi connectivity index (χ3v) is 3.27. The number of nitrogens with two attached hydrogens (primary N) is 1. The lowest BCUT2D eigenvalue weighted by Gasteiger charge is -2.11. The van der Waals surface area contributed by atoms with Gasteiger partial charge < -0.3 is 20.6 Å². The van der Waals surface area contributed by atoms with Gasteiger partial charge in [0.1, 0.15) is 11.5 Å². The van der Waals surface area contributed by atoms with Gasteiger partial charge in [-0.2, -0.15) is 4.98 Å². The number of aliphatic hydroxyl groups is 1. The number of aromatic amines is 1. The lowest BCUT2D eigenvalue weighted by atomic mass is 10.2. The minimum Gasteiger partial charge on any atom is -0.393 e. The minimum atomic E-state index is -0.774. The number of hydrogen-bond acceptors (Lipinski definition) is 6. The average molecular weight is 247 g/mol. The zero-order chi connectivity index (χ0) is 11.7. The van der Waals surface area contributed by atoms with E-state index in [2.05, 4.69) is 9.97 Å². The number of nitrogen functional groups attached to an aromatic ring is 1. The Morgan fingerprint density at radius 3 is 3.12 bits per heavy atom. The van der Waals surface area contributed by atoms with Crippen LogP contribution in [0.1, 0.15) is 11.8 Å². The van der Waals surface area contributed by atoms with Crippen LogP contribution >= 0.6 is 11.8 Å². The number of thioether (sulfide) groups is 1. The molecule has 2 atom stereocenters. The number of halogens is 1. The Balaban J connectivity index is 2.31. The monoisotopic (exact) mass is 247 g/mol. The molecule has 1 aliphatic rings. The maximum atomic E-state index is 13.6. The van der Waals surface area contributed by atoms with Crippen molar-refractivity contribution in [3.63, 3.8) is 0 Å². The predicted molar refractivity (Wildman–Crippen MR) is 56.4 cm³/mol. The molecule has 8 heteroatoms. The summed E-state index contributed by atoms with van der Waals surface area (Å²) in [6, 6.07) is 0. The molecule has 1 aromatic rings. The molecule has 0 spiro atoms. The zero-order valence-electron chi connectivity index (χ0n) is 8.14. The second-order valence-corrected chi connectivity index (χ2v) is 4.42. The summed E-state index contributed by atoms with van der Waals surface area (Å²) in [4.78, 5) is 16.5. The van der Waals surface area contributed by atoms with Gasteiger partial charge in [0.25, 0.3) is 0 Å². The maximum absolute atomic E-state index is 13.6. The molecule has 2 heterocycles. The number of aliphatic hydroxyl groups excluding tert-OH is 1. The highest BCUT2D eigenvalue weighted by Crippen LogP contribution is 2.35. The summed E-state index contributed by atoms with van der Waals surface area (Å²) in [5.74, 6) is -0.773. The van der Waals surface area contributed by atoms with Crippen LogP contribution in [0.25, 0.3) is 0 Å². The van der Waals surface area contributed by atoms with Crippen LogP contribution < -0.4 is 11.4 Å². The Hall–Kier alpha value is -1.12. The number of H-pyrrole nitrogens is 1. The van der Waals surface area contributed by atoms with Crippen molar-refractivity contribution in [3.05, 3.63) is 22.0 Å². The second kappa shape index (κ2) is 4.40. The van der Waals surface area contributed by atoms with Gasteiger partial charge in [-0.25, -0.2) is 9.18 Å². The lowest BCUT2D eigenvalue weighted by Crippen LogP contribution is -2.21. The number of aromatic nitrogens is 2. The van der Waals surface area contributed by atoms with E-state index in [1.165, 1.54) is 11.8 Å². The van der Waals surface area contributed by atoms with Gasteiger partial charge in [0.15, 0.2) is 11.6 Å². The quantitative estimate of drug-likeness (QED) is 0.658. The molecule has 0 bridgehead atoms. The van der Waals surface area contributed by atoms with Crippen LogP contribution in [0.3, 0.4) is 0 Å². The van der Waals surface area contributed by atoms with Crippen LogP contribution in [0.5, 0.6) is 0 Å². The highest BCUT2D eigenvalue weighted by molar-refractivity contribution is 8.00. The first-order valence-electron chi connectivity index (χ1n) is 4.55. The molecule has 1 saturated heterocycles. The molecule has 16 heavy (non-hydrogen) atoms. The van der Waals surface area contributed by atoms with E-state index in [9.17, 15) is 9.18 Å². The molecule has 4 N–H and O–H groups in total. The van der Waals surface area contributed by atoms with E-state index in [0.29, 0.717) is 5.75 Å². The van der Waals surface area contributed by atoms with E-state index in [1.807, 2.05) is 0 Å². The Kier molecular flexibility index (Phi) is 3.13. The molecule has 0 radical (unpaired) electrons. The number of nitrogens with zero attached hydrogens (tertiary/aromatic N) is 1. The third-order valence-electron chi connectivity index (χ3n) is 2.15. The molecular formula is C8H10FN3O3S. The zero-order valence-corrected chi connectivity index (χ0v) is 8.96. The summed E-state index contributed by atoms with van der Waals surface area (Å²) in [6.45, 7) is -0.159. The normalized spacial score (nSPS) is 24.9. The molecule has 6 nitrogen and oxygen atoms in total. The van der Waals surface area contributed by atoms with Crippen LogP contribution in [-0.4, -0.2) is 32.9 Å². The second-order valence-electron chi connectivity index (χ2n) is 3.23. The van der Waals surface area contributed by atoms with E-state index < -0.39 is 28.9 Å². The van der Waals surface area contributed by atoms with E-state index in [-0.39, 0.29) is 12.3 Å². The third kappa shape index (κ3) is 2.04. The maximum Gasteiger partial charge on any atom is 0.347 e. The van der Waals surface area contributed by atoms with Crippen molar-refractivity contribution >= 4 is 17.6 Å². The summed E-state index contributed by atoms with van der Waals surface area (Å²) in [7, 11) is 0.